The second-order valence-electron chi connectivity index (χ2n) is 7.62. The third-order valence-corrected chi connectivity index (χ3v) is 5.29. The van der Waals surface area contributed by atoms with E-state index < -0.39 is 0 Å². The summed E-state index contributed by atoms with van der Waals surface area (Å²) in [6.45, 7) is 6.66. The third-order valence-electron chi connectivity index (χ3n) is 5.29. The summed E-state index contributed by atoms with van der Waals surface area (Å²) < 4.78 is 5.30. The second kappa shape index (κ2) is 6.79. The van der Waals surface area contributed by atoms with Crippen molar-refractivity contribution in [3.05, 3.63) is 40.8 Å². The molecule has 0 aliphatic carbocycles. The second-order valence-corrected chi connectivity index (χ2v) is 7.62. The minimum Gasteiger partial charge on any atom is -0.351 e. The fourth-order valence-electron chi connectivity index (χ4n) is 3.71. The summed E-state index contributed by atoms with van der Waals surface area (Å²) in [6, 6.07) is 1.67. The maximum atomic E-state index is 12.9. The Balaban J connectivity index is 1.57. The van der Waals surface area contributed by atoms with Crippen LogP contribution in [0.1, 0.15) is 72.0 Å². The van der Waals surface area contributed by atoms with Crippen LogP contribution >= 0.6 is 0 Å². The molecule has 0 N–H and O–H groups in total. The molecule has 0 aromatic carbocycles. The van der Waals surface area contributed by atoms with Crippen molar-refractivity contribution >= 4 is 5.91 Å². The van der Waals surface area contributed by atoms with Gasteiger partial charge in [-0.15, -0.1) is 0 Å². The van der Waals surface area contributed by atoms with E-state index in [0.29, 0.717) is 12.3 Å². The summed E-state index contributed by atoms with van der Waals surface area (Å²) in [4.78, 5) is 26.4. The highest BCUT2D eigenvalue weighted by Gasteiger charge is 2.35. The molecule has 138 valence electrons. The number of carbonyl (C=O) groups is 1. The maximum absolute atomic E-state index is 12.9. The van der Waals surface area contributed by atoms with Gasteiger partial charge in [-0.1, -0.05) is 19.0 Å². The van der Waals surface area contributed by atoms with Crippen LogP contribution in [-0.4, -0.2) is 51.0 Å². The number of likely N-dealkylation sites (tertiary alicyclic amines) is 1. The molecule has 1 saturated heterocycles. The fraction of sp³-hybridized carbons (Fsp3) is 0.579. The van der Waals surface area contributed by atoms with E-state index in [1.165, 1.54) is 5.56 Å². The van der Waals surface area contributed by atoms with Gasteiger partial charge in [0.15, 0.2) is 5.82 Å². The lowest BCUT2D eigenvalue weighted by molar-refractivity contribution is 0.0687. The van der Waals surface area contributed by atoms with Crippen molar-refractivity contribution in [2.75, 3.05) is 20.1 Å². The minimum atomic E-state index is -0.118. The third kappa shape index (κ3) is 3.11. The van der Waals surface area contributed by atoms with Crippen molar-refractivity contribution in [1.29, 1.82) is 0 Å². The molecule has 1 fully saturated rings. The van der Waals surface area contributed by atoms with Crippen molar-refractivity contribution in [3.8, 4) is 0 Å². The molecule has 0 saturated carbocycles. The molecule has 7 heteroatoms. The van der Waals surface area contributed by atoms with Crippen LogP contribution in [0.2, 0.25) is 0 Å². The lowest BCUT2D eigenvalue weighted by Gasteiger charge is -2.26. The summed E-state index contributed by atoms with van der Waals surface area (Å²) in [5.41, 5.74) is 3.11. The molecule has 2 aromatic rings. The van der Waals surface area contributed by atoms with E-state index in [9.17, 15) is 4.79 Å². The van der Waals surface area contributed by atoms with Gasteiger partial charge in [0.2, 0.25) is 5.76 Å². The Morgan fingerprint density at radius 3 is 2.96 bits per heavy atom. The Bertz CT molecular complexity index is 816. The Morgan fingerprint density at radius 2 is 2.19 bits per heavy atom. The van der Waals surface area contributed by atoms with Gasteiger partial charge in [0.25, 0.3) is 5.91 Å². The number of fused-ring (bicyclic) bond motifs is 1. The average Bonchev–Trinajstić information content (AvgIpc) is 3.30. The van der Waals surface area contributed by atoms with E-state index in [-0.39, 0.29) is 17.9 Å². The molecule has 26 heavy (non-hydrogen) atoms. The number of rotatable bonds is 3. The standard InChI is InChI=1S/C19H25N5O2/c1-12(2)15-9-17(26-22-15)19(25)24-7-4-5-16(24)18-20-10-13-11-23(3)8-6-14(13)21-18/h9-10,12,16H,4-8,11H2,1-3H3/t16-/m0/s1. The summed E-state index contributed by atoms with van der Waals surface area (Å²) in [5.74, 6) is 1.17. The van der Waals surface area contributed by atoms with Crippen LogP contribution in [-0.2, 0) is 13.0 Å². The quantitative estimate of drug-likeness (QED) is 0.842. The average molecular weight is 355 g/mol. The smallest absolute Gasteiger partial charge is 0.293 e. The molecule has 4 rings (SSSR count). The van der Waals surface area contributed by atoms with E-state index in [4.69, 9.17) is 9.51 Å². The predicted octanol–water partition coefficient (Wildman–Crippen LogP) is 2.55. The SMILES string of the molecule is CC(C)c1cc(C(=O)N2CCC[C@H]2c2ncc3c(n2)CCN(C)C3)on1. The van der Waals surface area contributed by atoms with E-state index in [0.717, 1.165) is 49.6 Å². The van der Waals surface area contributed by atoms with Crippen molar-refractivity contribution in [1.82, 2.24) is 24.9 Å². The van der Waals surface area contributed by atoms with Crippen LogP contribution in [0.5, 0.6) is 0 Å². The number of likely N-dealkylation sites (N-methyl/N-ethyl adjacent to an activating group) is 1. The first-order chi connectivity index (χ1) is 12.5. The van der Waals surface area contributed by atoms with Crippen molar-refractivity contribution < 1.29 is 9.32 Å². The highest BCUT2D eigenvalue weighted by atomic mass is 16.5. The van der Waals surface area contributed by atoms with Crippen LogP contribution in [0, 0.1) is 0 Å². The van der Waals surface area contributed by atoms with Crippen LogP contribution in [0.4, 0.5) is 0 Å². The van der Waals surface area contributed by atoms with E-state index in [1.54, 1.807) is 6.07 Å². The summed E-state index contributed by atoms with van der Waals surface area (Å²) in [7, 11) is 2.11. The van der Waals surface area contributed by atoms with Crippen molar-refractivity contribution in [3.63, 3.8) is 0 Å². The molecule has 0 radical (unpaired) electrons. The molecule has 0 bridgehead atoms. The van der Waals surface area contributed by atoms with Gasteiger partial charge >= 0.3 is 0 Å². The van der Waals surface area contributed by atoms with Gasteiger partial charge in [0, 0.05) is 49.6 Å². The van der Waals surface area contributed by atoms with Gasteiger partial charge < -0.3 is 14.3 Å². The van der Waals surface area contributed by atoms with Crippen molar-refractivity contribution in [2.45, 2.75) is 51.6 Å². The number of hydrogen-bond donors (Lipinski definition) is 0. The van der Waals surface area contributed by atoms with Gasteiger partial charge in [0.05, 0.1) is 11.7 Å². The molecule has 0 unspecified atom stereocenters. The molecule has 0 spiro atoms. The Labute approximate surface area is 153 Å². The highest BCUT2D eigenvalue weighted by Crippen LogP contribution is 2.32. The lowest BCUT2D eigenvalue weighted by atomic mass is 10.1. The predicted molar refractivity (Wildman–Crippen MR) is 95.7 cm³/mol. The Morgan fingerprint density at radius 1 is 1.35 bits per heavy atom. The topological polar surface area (TPSA) is 75.4 Å². The number of carbonyl (C=O) groups excluding carboxylic acids is 1. The zero-order valence-corrected chi connectivity index (χ0v) is 15.6. The molecule has 4 heterocycles. The van der Waals surface area contributed by atoms with Gasteiger partial charge in [-0.3, -0.25) is 4.79 Å². The Kier molecular flexibility index (Phi) is 4.48. The highest BCUT2D eigenvalue weighted by molar-refractivity contribution is 5.92. The first-order valence-electron chi connectivity index (χ1n) is 9.33. The monoisotopic (exact) mass is 355 g/mol. The maximum Gasteiger partial charge on any atom is 0.293 e. The van der Waals surface area contributed by atoms with E-state index in [1.807, 2.05) is 24.9 Å². The molecule has 1 atom stereocenters. The number of hydrogen-bond acceptors (Lipinski definition) is 6. The van der Waals surface area contributed by atoms with Gasteiger partial charge in [0.1, 0.15) is 0 Å². The molecule has 7 nitrogen and oxygen atoms in total. The largest absolute Gasteiger partial charge is 0.351 e. The molecular weight excluding hydrogens is 330 g/mol. The molecule has 2 aliphatic rings. The first kappa shape index (κ1) is 17.1. The zero-order chi connectivity index (χ0) is 18.3. The van der Waals surface area contributed by atoms with E-state index >= 15 is 0 Å². The lowest BCUT2D eigenvalue weighted by Crippen LogP contribution is -2.32. The van der Waals surface area contributed by atoms with Crippen LogP contribution in [0.3, 0.4) is 0 Å². The zero-order valence-electron chi connectivity index (χ0n) is 15.6. The summed E-state index contributed by atoms with van der Waals surface area (Å²) >= 11 is 0. The number of amides is 1. The minimum absolute atomic E-state index is 0.0833. The Hall–Kier alpha value is -2.28. The van der Waals surface area contributed by atoms with Crippen LogP contribution in [0.15, 0.2) is 16.8 Å². The van der Waals surface area contributed by atoms with Gasteiger partial charge in [-0.2, -0.15) is 0 Å². The van der Waals surface area contributed by atoms with Gasteiger partial charge in [-0.05, 0) is 25.8 Å². The summed E-state index contributed by atoms with van der Waals surface area (Å²) in [6.07, 6.45) is 4.70. The van der Waals surface area contributed by atoms with Crippen LogP contribution < -0.4 is 0 Å². The van der Waals surface area contributed by atoms with Crippen LogP contribution in [0.25, 0.3) is 0 Å². The van der Waals surface area contributed by atoms with Crippen molar-refractivity contribution in [2.24, 2.45) is 0 Å². The number of aromatic nitrogens is 3. The molecule has 1 amide bonds. The number of nitrogens with zero attached hydrogens (tertiary/aromatic N) is 5. The molecule has 2 aromatic heterocycles. The van der Waals surface area contributed by atoms with E-state index in [2.05, 4.69) is 22.1 Å². The molecular formula is C19H25N5O2. The fourth-order valence-corrected chi connectivity index (χ4v) is 3.71. The summed E-state index contributed by atoms with van der Waals surface area (Å²) in [5, 5.41) is 4.01. The first-order valence-corrected chi connectivity index (χ1v) is 9.33. The normalized spacial score (nSPS) is 20.6. The molecule has 2 aliphatic heterocycles. The van der Waals surface area contributed by atoms with Gasteiger partial charge in [-0.25, -0.2) is 9.97 Å².